The van der Waals surface area contributed by atoms with Crippen molar-refractivity contribution in [1.82, 2.24) is 15.3 Å². The molecule has 1 heterocycles. The van der Waals surface area contributed by atoms with Crippen LogP contribution in [0.3, 0.4) is 0 Å². The topological polar surface area (TPSA) is 37.8 Å². The molecular formula is C12H21N3S. The molecule has 0 amide bonds. The van der Waals surface area contributed by atoms with Gasteiger partial charge in [-0.1, -0.05) is 18.7 Å². The Morgan fingerprint density at radius 3 is 2.50 bits per heavy atom. The van der Waals surface area contributed by atoms with E-state index in [2.05, 4.69) is 22.2 Å². The van der Waals surface area contributed by atoms with Crippen LogP contribution >= 0.6 is 11.8 Å². The lowest BCUT2D eigenvalue weighted by atomic mass is 10.4. The van der Waals surface area contributed by atoms with Crippen LogP contribution in [0.4, 0.5) is 0 Å². The summed E-state index contributed by atoms with van der Waals surface area (Å²) >= 11 is 1.74. The average Bonchev–Trinajstić information content (AvgIpc) is 2.22. The predicted molar refractivity (Wildman–Crippen MR) is 70.0 cm³/mol. The second kappa shape index (κ2) is 7.63. The molecule has 0 aliphatic heterocycles. The van der Waals surface area contributed by atoms with E-state index in [1.165, 1.54) is 12.8 Å². The lowest BCUT2D eigenvalue weighted by Crippen LogP contribution is -2.16. The van der Waals surface area contributed by atoms with Gasteiger partial charge in [-0.3, -0.25) is 0 Å². The third kappa shape index (κ3) is 5.47. The largest absolute Gasteiger partial charge is 0.317 e. The Morgan fingerprint density at radius 1 is 1.19 bits per heavy atom. The normalized spacial score (nSPS) is 10.7. The zero-order chi connectivity index (χ0) is 11.8. The SMILES string of the molecule is CCCNCCCSc1nc(C)cc(C)n1. The third-order valence-electron chi connectivity index (χ3n) is 2.12. The molecule has 0 unspecified atom stereocenters. The van der Waals surface area contributed by atoms with Crippen LogP contribution in [-0.2, 0) is 0 Å². The van der Waals surface area contributed by atoms with E-state index in [1.807, 2.05) is 19.9 Å². The van der Waals surface area contributed by atoms with Crippen molar-refractivity contribution >= 4 is 11.8 Å². The molecule has 16 heavy (non-hydrogen) atoms. The molecule has 0 saturated heterocycles. The predicted octanol–water partition coefficient (Wildman–Crippen LogP) is 2.58. The molecule has 1 aromatic rings. The molecule has 3 nitrogen and oxygen atoms in total. The molecule has 0 saturated carbocycles. The monoisotopic (exact) mass is 239 g/mol. The Kier molecular flexibility index (Phi) is 6.42. The third-order valence-corrected chi connectivity index (χ3v) is 3.05. The maximum Gasteiger partial charge on any atom is 0.187 e. The molecule has 4 heteroatoms. The van der Waals surface area contributed by atoms with Crippen LogP contribution in [0.5, 0.6) is 0 Å². The summed E-state index contributed by atoms with van der Waals surface area (Å²) in [6.07, 6.45) is 2.37. The van der Waals surface area contributed by atoms with Gasteiger partial charge in [-0.25, -0.2) is 9.97 Å². The summed E-state index contributed by atoms with van der Waals surface area (Å²) in [6, 6.07) is 2.01. The van der Waals surface area contributed by atoms with Crippen LogP contribution in [0.25, 0.3) is 0 Å². The van der Waals surface area contributed by atoms with Crippen molar-refractivity contribution in [2.75, 3.05) is 18.8 Å². The van der Waals surface area contributed by atoms with Crippen molar-refractivity contribution in [1.29, 1.82) is 0 Å². The first kappa shape index (κ1) is 13.5. The number of hydrogen-bond donors (Lipinski definition) is 1. The minimum atomic E-state index is 0.910. The molecule has 0 fully saturated rings. The van der Waals surface area contributed by atoms with Crippen LogP contribution in [0.15, 0.2) is 11.2 Å². The van der Waals surface area contributed by atoms with Gasteiger partial charge < -0.3 is 5.32 Å². The van der Waals surface area contributed by atoms with Crippen LogP contribution in [0.2, 0.25) is 0 Å². The Balaban J connectivity index is 2.21. The van der Waals surface area contributed by atoms with Gasteiger partial charge in [0.1, 0.15) is 0 Å². The molecular weight excluding hydrogens is 218 g/mol. The van der Waals surface area contributed by atoms with Crippen LogP contribution in [0.1, 0.15) is 31.2 Å². The van der Waals surface area contributed by atoms with Crippen molar-refractivity contribution < 1.29 is 0 Å². The summed E-state index contributed by atoms with van der Waals surface area (Å²) in [5.74, 6) is 1.08. The zero-order valence-corrected chi connectivity index (χ0v) is 11.2. The van der Waals surface area contributed by atoms with Crippen molar-refractivity contribution in [3.05, 3.63) is 17.5 Å². The number of rotatable bonds is 7. The first-order valence-electron chi connectivity index (χ1n) is 5.88. The lowest BCUT2D eigenvalue weighted by Gasteiger charge is -2.04. The summed E-state index contributed by atoms with van der Waals surface area (Å²) in [4.78, 5) is 8.80. The quantitative estimate of drug-likeness (QED) is 0.451. The van der Waals surface area contributed by atoms with E-state index in [4.69, 9.17) is 0 Å². The van der Waals surface area contributed by atoms with E-state index in [1.54, 1.807) is 11.8 Å². The fourth-order valence-electron chi connectivity index (χ4n) is 1.42. The molecule has 0 radical (unpaired) electrons. The van der Waals surface area contributed by atoms with Crippen molar-refractivity contribution in [3.63, 3.8) is 0 Å². The van der Waals surface area contributed by atoms with Gasteiger partial charge in [-0.05, 0) is 45.8 Å². The van der Waals surface area contributed by atoms with E-state index in [9.17, 15) is 0 Å². The fraction of sp³-hybridized carbons (Fsp3) is 0.667. The number of nitrogens with zero attached hydrogens (tertiary/aromatic N) is 2. The second-order valence-electron chi connectivity index (χ2n) is 3.89. The molecule has 90 valence electrons. The van der Waals surface area contributed by atoms with Crippen LogP contribution in [-0.4, -0.2) is 28.8 Å². The van der Waals surface area contributed by atoms with Gasteiger partial charge in [-0.2, -0.15) is 0 Å². The molecule has 0 aliphatic carbocycles. The molecule has 0 spiro atoms. The van der Waals surface area contributed by atoms with E-state index in [0.29, 0.717) is 0 Å². The van der Waals surface area contributed by atoms with Crippen LogP contribution in [0, 0.1) is 13.8 Å². The minimum absolute atomic E-state index is 0.910. The Labute approximate surface area is 102 Å². The summed E-state index contributed by atoms with van der Waals surface area (Å²) in [7, 11) is 0. The zero-order valence-electron chi connectivity index (χ0n) is 10.4. The number of hydrogen-bond acceptors (Lipinski definition) is 4. The van der Waals surface area contributed by atoms with Gasteiger partial charge in [0.05, 0.1) is 0 Å². The highest BCUT2D eigenvalue weighted by atomic mass is 32.2. The highest BCUT2D eigenvalue weighted by molar-refractivity contribution is 7.99. The van der Waals surface area contributed by atoms with Crippen LogP contribution < -0.4 is 5.32 Å². The van der Waals surface area contributed by atoms with Gasteiger partial charge in [0.25, 0.3) is 0 Å². The molecule has 1 aromatic heterocycles. The standard InChI is InChI=1S/C12H21N3S/c1-4-6-13-7-5-8-16-12-14-10(2)9-11(3)15-12/h9,13H,4-8H2,1-3H3. The maximum atomic E-state index is 4.40. The number of aromatic nitrogens is 2. The number of aryl methyl sites for hydroxylation is 2. The highest BCUT2D eigenvalue weighted by Crippen LogP contribution is 2.14. The van der Waals surface area contributed by atoms with E-state index in [-0.39, 0.29) is 0 Å². The molecule has 0 aromatic carbocycles. The highest BCUT2D eigenvalue weighted by Gasteiger charge is 1.99. The number of thioether (sulfide) groups is 1. The fourth-order valence-corrected chi connectivity index (χ4v) is 2.31. The second-order valence-corrected chi connectivity index (χ2v) is 4.95. The van der Waals surface area contributed by atoms with E-state index < -0.39 is 0 Å². The minimum Gasteiger partial charge on any atom is -0.317 e. The maximum absolute atomic E-state index is 4.40. The average molecular weight is 239 g/mol. The van der Waals surface area contributed by atoms with E-state index in [0.717, 1.165) is 35.4 Å². The van der Waals surface area contributed by atoms with Gasteiger partial charge in [0.2, 0.25) is 0 Å². The van der Waals surface area contributed by atoms with Gasteiger partial charge >= 0.3 is 0 Å². The molecule has 1 N–H and O–H groups in total. The lowest BCUT2D eigenvalue weighted by molar-refractivity contribution is 0.664. The van der Waals surface area contributed by atoms with Crippen molar-refractivity contribution in [2.45, 2.75) is 38.8 Å². The van der Waals surface area contributed by atoms with Crippen molar-refractivity contribution in [3.8, 4) is 0 Å². The molecule has 0 atom stereocenters. The van der Waals surface area contributed by atoms with E-state index >= 15 is 0 Å². The number of nitrogens with one attached hydrogen (secondary N) is 1. The Bertz CT molecular complexity index is 295. The smallest absolute Gasteiger partial charge is 0.187 e. The molecule has 1 rings (SSSR count). The summed E-state index contributed by atoms with van der Waals surface area (Å²) in [6.45, 7) is 8.42. The van der Waals surface area contributed by atoms with Gasteiger partial charge in [-0.15, -0.1) is 0 Å². The summed E-state index contributed by atoms with van der Waals surface area (Å²) in [5, 5.41) is 4.30. The van der Waals surface area contributed by atoms with Gasteiger partial charge in [0.15, 0.2) is 5.16 Å². The van der Waals surface area contributed by atoms with Crippen molar-refractivity contribution in [2.24, 2.45) is 0 Å². The molecule has 0 bridgehead atoms. The summed E-state index contributed by atoms with van der Waals surface area (Å²) < 4.78 is 0. The first-order valence-corrected chi connectivity index (χ1v) is 6.86. The van der Waals surface area contributed by atoms with Gasteiger partial charge in [0, 0.05) is 17.1 Å². The Morgan fingerprint density at radius 2 is 1.88 bits per heavy atom. The summed E-state index contributed by atoms with van der Waals surface area (Å²) in [5.41, 5.74) is 2.11. The Hall–Kier alpha value is -0.610. The first-order chi connectivity index (χ1) is 7.72. The molecule has 0 aliphatic rings.